The Kier molecular flexibility index (Phi) is 5.49. The third-order valence-corrected chi connectivity index (χ3v) is 4.90. The van der Waals surface area contributed by atoms with Crippen LogP contribution in [0.2, 0.25) is 0 Å². The summed E-state index contributed by atoms with van der Waals surface area (Å²) < 4.78 is 5.34. The van der Waals surface area contributed by atoms with Gasteiger partial charge in [-0.2, -0.15) is 0 Å². The Labute approximate surface area is 127 Å². The predicted molar refractivity (Wildman–Crippen MR) is 82.2 cm³/mol. The average Bonchev–Trinajstić information content (AvgIpc) is 3.31. The number of carbonyl (C=O) groups is 1. The van der Waals surface area contributed by atoms with Crippen molar-refractivity contribution in [3.63, 3.8) is 0 Å². The topological polar surface area (TPSA) is 53.6 Å². The van der Waals surface area contributed by atoms with Crippen LogP contribution in [0.4, 0.5) is 0 Å². The van der Waals surface area contributed by atoms with Crippen molar-refractivity contribution >= 4 is 5.91 Å². The molecule has 1 unspecified atom stereocenters. The van der Waals surface area contributed by atoms with Gasteiger partial charge in [0.2, 0.25) is 5.91 Å². The fraction of sp³-hybridized carbons (Fsp3) is 0.938. The Morgan fingerprint density at radius 1 is 1.05 bits per heavy atom. The number of likely N-dealkylation sites (tertiary alicyclic amines) is 1. The molecule has 2 heterocycles. The van der Waals surface area contributed by atoms with E-state index in [4.69, 9.17) is 4.74 Å². The van der Waals surface area contributed by atoms with Gasteiger partial charge in [-0.15, -0.1) is 0 Å². The van der Waals surface area contributed by atoms with Crippen molar-refractivity contribution in [3.8, 4) is 0 Å². The van der Waals surface area contributed by atoms with E-state index in [9.17, 15) is 4.79 Å². The lowest BCUT2D eigenvalue weighted by Crippen LogP contribution is -2.51. The Morgan fingerprint density at radius 3 is 2.62 bits per heavy atom. The molecule has 2 saturated heterocycles. The molecule has 2 aliphatic heterocycles. The monoisotopic (exact) mass is 295 g/mol. The Balaban J connectivity index is 1.42. The van der Waals surface area contributed by atoms with Crippen LogP contribution in [0.25, 0.3) is 0 Å². The fourth-order valence-electron chi connectivity index (χ4n) is 3.39. The third kappa shape index (κ3) is 4.94. The van der Waals surface area contributed by atoms with E-state index in [0.717, 1.165) is 45.2 Å². The van der Waals surface area contributed by atoms with Gasteiger partial charge in [0, 0.05) is 37.9 Å². The molecule has 0 spiro atoms. The fourth-order valence-corrected chi connectivity index (χ4v) is 3.39. The number of nitrogens with zero attached hydrogens (tertiary/aromatic N) is 1. The van der Waals surface area contributed by atoms with Gasteiger partial charge in [-0.25, -0.2) is 0 Å². The molecular formula is C16H29N3O2. The molecule has 3 aliphatic rings. The highest BCUT2D eigenvalue weighted by atomic mass is 16.5. The first-order valence-electron chi connectivity index (χ1n) is 8.66. The first kappa shape index (κ1) is 15.3. The lowest BCUT2D eigenvalue weighted by molar-refractivity contribution is -0.124. The van der Waals surface area contributed by atoms with Crippen LogP contribution in [0.3, 0.4) is 0 Å². The van der Waals surface area contributed by atoms with Gasteiger partial charge in [0.05, 0.1) is 6.54 Å². The molecular weight excluding hydrogens is 266 g/mol. The lowest BCUT2D eigenvalue weighted by atomic mass is 10.0. The number of nitrogens with one attached hydrogen (secondary N) is 2. The van der Waals surface area contributed by atoms with Crippen molar-refractivity contribution in [3.05, 3.63) is 0 Å². The third-order valence-electron chi connectivity index (χ3n) is 4.90. The van der Waals surface area contributed by atoms with E-state index in [0.29, 0.717) is 18.6 Å². The molecule has 0 bridgehead atoms. The second-order valence-electron chi connectivity index (χ2n) is 6.76. The van der Waals surface area contributed by atoms with Crippen LogP contribution < -0.4 is 10.6 Å². The summed E-state index contributed by atoms with van der Waals surface area (Å²) in [5.74, 6) is 0.195. The second kappa shape index (κ2) is 7.56. The van der Waals surface area contributed by atoms with Crippen molar-refractivity contribution in [2.24, 2.45) is 0 Å². The van der Waals surface area contributed by atoms with Crippen molar-refractivity contribution in [1.82, 2.24) is 15.5 Å². The molecule has 5 heteroatoms. The molecule has 0 aromatic carbocycles. The van der Waals surface area contributed by atoms with Gasteiger partial charge in [-0.1, -0.05) is 6.42 Å². The maximum absolute atomic E-state index is 12.3. The van der Waals surface area contributed by atoms with E-state index >= 15 is 0 Å². The SMILES string of the molecule is O=C(CN1CCCCC1CNC1CC1)NC1CCOCC1. The summed E-state index contributed by atoms with van der Waals surface area (Å²) in [6.07, 6.45) is 8.33. The van der Waals surface area contributed by atoms with Crippen LogP contribution in [0.15, 0.2) is 0 Å². The van der Waals surface area contributed by atoms with Crippen molar-refractivity contribution in [1.29, 1.82) is 0 Å². The van der Waals surface area contributed by atoms with Gasteiger partial charge >= 0.3 is 0 Å². The van der Waals surface area contributed by atoms with Gasteiger partial charge in [0.15, 0.2) is 0 Å². The Hall–Kier alpha value is -0.650. The number of rotatable bonds is 6. The second-order valence-corrected chi connectivity index (χ2v) is 6.76. The quantitative estimate of drug-likeness (QED) is 0.764. The van der Waals surface area contributed by atoms with Crippen LogP contribution in [-0.4, -0.2) is 61.8 Å². The molecule has 0 aromatic rings. The van der Waals surface area contributed by atoms with E-state index < -0.39 is 0 Å². The molecule has 1 aliphatic carbocycles. The zero-order valence-electron chi connectivity index (χ0n) is 13.0. The minimum absolute atomic E-state index is 0.195. The normalized spacial score (nSPS) is 28.5. The van der Waals surface area contributed by atoms with Crippen molar-refractivity contribution < 1.29 is 9.53 Å². The largest absolute Gasteiger partial charge is 0.381 e. The molecule has 1 saturated carbocycles. The first-order chi connectivity index (χ1) is 10.3. The van der Waals surface area contributed by atoms with Crippen molar-refractivity contribution in [2.45, 2.75) is 63.1 Å². The van der Waals surface area contributed by atoms with Gasteiger partial charge in [-0.3, -0.25) is 9.69 Å². The Morgan fingerprint density at radius 2 is 1.86 bits per heavy atom. The van der Waals surface area contributed by atoms with E-state index in [1.807, 2.05) is 0 Å². The molecule has 2 N–H and O–H groups in total. The highest BCUT2D eigenvalue weighted by molar-refractivity contribution is 5.78. The number of hydrogen-bond donors (Lipinski definition) is 2. The van der Waals surface area contributed by atoms with Gasteiger partial charge < -0.3 is 15.4 Å². The number of hydrogen-bond acceptors (Lipinski definition) is 4. The molecule has 0 radical (unpaired) electrons. The summed E-state index contributed by atoms with van der Waals surface area (Å²) in [7, 11) is 0. The smallest absolute Gasteiger partial charge is 0.234 e. The average molecular weight is 295 g/mol. The van der Waals surface area contributed by atoms with Gasteiger partial charge in [0.25, 0.3) is 0 Å². The zero-order chi connectivity index (χ0) is 14.5. The maximum atomic E-state index is 12.3. The highest BCUT2D eigenvalue weighted by Crippen LogP contribution is 2.21. The number of ether oxygens (including phenoxy) is 1. The van der Waals surface area contributed by atoms with Crippen LogP contribution in [0.5, 0.6) is 0 Å². The summed E-state index contributed by atoms with van der Waals surface area (Å²) in [5.41, 5.74) is 0. The molecule has 1 amide bonds. The van der Waals surface area contributed by atoms with Gasteiger partial charge in [0.1, 0.15) is 0 Å². The minimum atomic E-state index is 0.195. The summed E-state index contributed by atoms with van der Waals surface area (Å²) in [6, 6.07) is 1.61. The van der Waals surface area contributed by atoms with E-state index in [2.05, 4.69) is 15.5 Å². The minimum Gasteiger partial charge on any atom is -0.381 e. The Bertz CT molecular complexity index is 340. The standard InChI is InChI=1S/C16H29N3O2/c20-16(18-14-6-9-21-10-7-14)12-19-8-2-1-3-15(19)11-17-13-4-5-13/h13-15,17H,1-12H2,(H,18,20). The van der Waals surface area contributed by atoms with E-state index in [-0.39, 0.29) is 5.91 Å². The zero-order valence-corrected chi connectivity index (χ0v) is 13.0. The summed E-state index contributed by atoms with van der Waals surface area (Å²) in [4.78, 5) is 14.6. The summed E-state index contributed by atoms with van der Waals surface area (Å²) in [5, 5.41) is 6.80. The molecule has 5 nitrogen and oxygen atoms in total. The van der Waals surface area contributed by atoms with Crippen LogP contribution in [-0.2, 0) is 9.53 Å². The summed E-state index contributed by atoms with van der Waals surface area (Å²) in [6.45, 7) is 4.24. The molecule has 1 atom stereocenters. The maximum Gasteiger partial charge on any atom is 0.234 e. The molecule has 3 fully saturated rings. The predicted octanol–water partition coefficient (Wildman–Crippen LogP) is 0.888. The van der Waals surface area contributed by atoms with Crippen molar-refractivity contribution in [2.75, 3.05) is 32.8 Å². The highest BCUT2D eigenvalue weighted by Gasteiger charge is 2.28. The van der Waals surface area contributed by atoms with Gasteiger partial charge in [-0.05, 0) is 45.1 Å². The van der Waals surface area contributed by atoms with Crippen LogP contribution >= 0.6 is 0 Å². The number of amides is 1. The summed E-state index contributed by atoms with van der Waals surface area (Å²) >= 11 is 0. The molecule has 120 valence electrons. The number of piperidine rings is 1. The van der Waals surface area contributed by atoms with Crippen LogP contribution in [0.1, 0.15) is 44.9 Å². The number of carbonyl (C=O) groups excluding carboxylic acids is 1. The molecule has 21 heavy (non-hydrogen) atoms. The van der Waals surface area contributed by atoms with E-state index in [1.54, 1.807) is 0 Å². The molecule has 0 aromatic heterocycles. The first-order valence-corrected chi connectivity index (χ1v) is 8.66. The molecule has 3 rings (SSSR count). The lowest BCUT2D eigenvalue weighted by Gasteiger charge is -2.36. The van der Waals surface area contributed by atoms with E-state index in [1.165, 1.54) is 32.1 Å². The van der Waals surface area contributed by atoms with Crippen LogP contribution in [0, 0.1) is 0 Å².